The molecule has 1 saturated heterocycles. The summed E-state index contributed by atoms with van der Waals surface area (Å²) in [5.74, 6) is 0. The summed E-state index contributed by atoms with van der Waals surface area (Å²) in [5, 5.41) is 3.75. The summed E-state index contributed by atoms with van der Waals surface area (Å²) >= 11 is 3.56. The predicted octanol–water partition coefficient (Wildman–Crippen LogP) is 3.21. The van der Waals surface area contributed by atoms with Crippen molar-refractivity contribution in [3.8, 4) is 0 Å². The summed E-state index contributed by atoms with van der Waals surface area (Å²) < 4.78 is 6.55. The molecule has 1 aromatic rings. The van der Waals surface area contributed by atoms with Crippen molar-refractivity contribution in [3.63, 3.8) is 0 Å². The molecule has 2 atom stereocenters. The van der Waals surface area contributed by atoms with E-state index in [4.69, 9.17) is 4.74 Å². The molecule has 2 unspecified atom stereocenters. The number of nitrogens with zero attached hydrogens (tertiary/aromatic N) is 1. The molecule has 0 amide bonds. The Kier molecular flexibility index (Phi) is 6.49. The van der Waals surface area contributed by atoms with Gasteiger partial charge in [0.05, 0.1) is 13.2 Å². The minimum Gasteiger partial charge on any atom is -0.379 e. The Labute approximate surface area is 130 Å². The highest BCUT2D eigenvalue weighted by Crippen LogP contribution is 2.21. The van der Waals surface area contributed by atoms with Gasteiger partial charge in [0.25, 0.3) is 0 Å². The zero-order valence-corrected chi connectivity index (χ0v) is 14.0. The molecule has 1 aromatic carbocycles. The van der Waals surface area contributed by atoms with Crippen molar-refractivity contribution in [2.24, 2.45) is 0 Å². The average molecular weight is 341 g/mol. The van der Waals surface area contributed by atoms with E-state index in [2.05, 4.69) is 64.3 Å². The van der Waals surface area contributed by atoms with Gasteiger partial charge in [-0.25, -0.2) is 0 Å². The number of benzene rings is 1. The van der Waals surface area contributed by atoms with Crippen LogP contribution in [0.5, 0.6) is 0 Å². The Hall–Kier alpha value is -0.420. The molecule has 0 spiro atoms. The minimum absolute atomic E-state index is 0.420. The summed E-state index contributed by atoms with van der Waals surface area (Å²) in [4.78, 5) is 2.48. The maximum Gasteiger partial charge on any atom is 0.0594 e. The standard InChI is InChI=1S/C16H25BrN2O/c1-3-16(14-5-4-6-15(17)11-14)18-13(2)12-19-7-9-20-10-8-19/h4-6,11,13,16,18H,3,7-10,12H2,1-2H3. The number of ether oxygens (including phenoxy) is 1. The van der Waals surface area contributed by atoms with Crippen molar-refractivity contribution in [1.82, 2.24) is 10.2 Å². The van der Waals surface area contributed by atoms with Crippen LogP contribution in [0.15, 0.2) is 28.7 Å². The summed E-state index contributed by atoms with van der Waals surface area (Å²) in [6, 6.07) is 9.50. The molecule has 1 heterocycles. The van der Waals surface area contributed by atoms with Gasteiger partial charge in [-0.05, 0) is 31.0 Å². The number of halogens is 1. The number of hydrogen-bond donors (Lipinski definition) is 1. The van der Waals surface area contributed by atoms with Gasteiger partial charge in [-0.2, -0.15) is 0 Å². The quantitative estimate of drug-likeness (QED) is 0.860. The molecule has 1 aliphatic heterocycles. The van der Waals surface area contributed by atoms with Crippen LogP contribution in [0.3, 0.4) is 0 Å². The molecule has 4 heteroatoms. The second-order valence-electron chi connectivity index (χ2n) is 5.50. The number of hydrogen-bond acceptors (Lipinski definition) is 3. The van der Waals surface area contributed by atoms with E-state index in [9.17, 15) is 0 Å². The lowest BCUT2D eigenvalue weighted by Gasteiger charge is -2.31. The fourth-order valence-corrected chi connectivity index (χ4v) is 3.16. The van der Waals surface area contributed by atoms with Crippen LogP contribution in [-0.4, -0.2) is 43.8 Å². The van der Waals surface area contributed by atoms with Gasteiger partial charge < -0.3 is 10.1 Å². The fraction of sp³-hybridized carbons (Fsp3) is 0.625. The van der Waals surface area contributed by atoms with Gasteiger partial charge in [0.2, 0.25) is 0 Å². The molecule has 1 fully saturated rings. The largest absolute Gasteiger partial charge is 0.379 e. The van der Waals surface area contributed by atoms with Crippen molar-refractivity contribution < 1.29 is 4.74 Å². The third kappa shape index (κ3) is 4.85. The molecule has 0 bridgehead atoms. The smallest absolute Gasteiger partial charge is 0.0594 e. The van der Waals surface area contributed by atoms with E-state index in [0.29, 0.717) is 12.1 Å². The van der Waals surface area contributed by atoms with E-state index < -0.39 is 0 Å². The van der Waals surface area contributed by atoms with Crippen LogP contribution < -0.4 is 5.32 Å². The van der Waals surface area contributed by atoms with Gasteiger partial charge in [0.15, 0.2) is 0 Å². The van der Waals surface area contributed by atoms with Crippen molar-refractivity contribution in [2.45, 2.75) is 32.4 Å². The molecule has 20 heavy (non-hydrogen) atoms. The lowest BCUT2D eigenvalue weighted by Crippen LogP contribution is -2.45. The van der Waals surface area contributed by atoms with E-state index in [1.54, 1.807) is 0 Å². The van der Waals surface area contributed by atoms with Crippen LogP contribution >= 0.6 is 15.9 Å². The number of rotatable bonds is 6. The monoisotopic (exact) mass is 340 g/mol. The summed E-state index contributed by atoms with van der Waals surface area (Å²) in [5.41, 5.74) is 1.36. The number of nitrogens with one attached hydrogen (secondary N) is 1. The van der Waals surface area contributed by atoms with Crippen molar-refractivity contribution in [1.29, 1.82) is 0 Å². The lowest BCUT2D eigenvalue weighted by atomic mass is 10.0. The maximum atomic E-state index is 5.40. The normalized spacial score (nSPS) is 19.8. The number of morpholine rings is 1. The SMILES string of the molecule is CCC(NC(C)CN1CCOCC1)c1cccc(Br)c1. The van der Waals surface area contributed by atoms with Crippen LogP contribution in [-0.2, 0) is 4.74 Å². The van der Waals surface area contributed by atoms with Crippen LogP contribution in [0.1, 0.15) is 31.9 Å². The highest BCUT2D eigenvalue weighted by molar-refractivity contribution is 9.10. The third-order valence-electron chi connectivity index (χ3n) is 3.78. The Balaban J connectivity index is 1.88. The van der Waals surface area contributed by atoms with E-state index in [-0.39, 0.29) is 0 Å². The van der Waals surface area contributed by atoms with Crippen molar-refractivity contribution >= 4 is 15.9 Å². The third-order valence-corrected chi connectivity index (χ3v) is 4.27. The predicted molar refractivity (Wildman–Crippen MR) is 87.0 cm³/mol. The van der Waals surface area contributed by atoms with Gasteiger partial charge in [0.1, 0.15) is 0 Å². The molecule has 1 N–H and O–H groups in total. The molecule has 112 valence electrons. The Morgan fingerprint density at radius 1 is 1.35 bits per heavy atom. The highest BCUT2D eigenvalue weighted by Gasteiger charge is 2.17. The van der Waals surface area contributed by atoms with Crippen LogP contribution in [0.4, 0.5) is 0 Å². The topological polar surface area (TPSA) is 24.5 Å². The second-order valence-corrected chi connectivity index (χ2v) is 6.41. The van der Waals surface area contributed by atoms with Gasteiger partial charge in [-0.3, -0.25) is 4.90 Å². The summed E-state index contributed by atoms with van der Waals surface area (Å²) in [7, 11) is 0. The van der Waals surface area contributed by atoms with Crippen molar-refractivity contribution in [3.05, 3.63) is 34.3 Å². The van der Waals surface area contributed by atoms with Gasteiger partial charge in [0, 0.05) is 36.2 Å². The molecule has 0 aliphatic carbocycles. The Bertz CT molecular complexity index is 407. The molecular weight excluding hydrogens is 316 g/mol. The first-order valence-electron chi connectivity index (χ1n) is 7.50. The molecule has 2 rings (SSSR count). The van der Waals surface area contributed by atoms with E-state index in [0.717, 1.165) is 43.7 Å². The second kappa shape index (κ2) is 8.13. The molecule has 1 aliphatic rings. The molecule has 0 saturated carbocycles. The molecule has 0 aromatic heterocycles. The summed E-state index contributed by atoms with van der Waals surface area (Å²) in [6.07, 6.45) is 1.10. The van der Waals surface area contributed by atoms with E-state index >= 15 is 0 Å². The Morgan fingerprint density at radius 3 is 2.75 bits per heavy atom. The van der Waals surface area contributed by atoms with E-state index in [1.807, 2.05) is 0 Å². The zero-order valence-electron chi connectivity index (χ0n) is 12.4. The maximum absolute atomic E-state index is 5.40. The van der Waals surface area contributed by atoms with E-state index in [1.165, 1.54) is 5.56 Å². The van der Waals surface area contributed by atoms with Crippen LogP contribution in [0.25, 0.3) is 0 Å². The van der Waals surface area contributed by atoms with Crippen LogP contribution in [0, 0.1) is 0 Å². The van der Waals surface area contributed by atoms with Gasteiger partial charge in [-0.15, -0.1) is 0 Å². The lowest BCUT2D eigenvalue weighted by molar-refractivity contribution is 0.0338. The highest BCUT2D eigenvalue weighted by atomic mass is 79.9. The summed E-state index contributed by atoms with van der Waals surface area (Å²) in [6.45, 7) is 9.45. The van der Waals surface area contributed by atoms with Crippen molar-refractivity contribution in [2.75, 3.05) is 32.8 Å². The molecule has 0 radical (unpaired) electrons. The van der Waals surface area contributed by atoms with Crippen LogP contribution in [0.2, 0.25) is 0 Å². The minimum atomic E-state index is 0.420. The van der Waals surface area contributed by atoms with Gasteiger partial charge >= 0.3 is 0 Å². The first kappa shape index (κ1) is 16.0. The van der Waals surface area contributed by atoms with Gasteiger partial charge in [-0.1, -0.05) is 35.0 Å². The average Bonchev–Trinajstić information content (AvgIpc) is 2.46. The Morgan fingerprint density at radius 2 is 2.10 bits per heavy atom. The zero-order chi connectivity index (χ0) is 14.4. The fourth-order valence-electron chi connectivity index (χ4n) is 2.74. The molecule has 3 nitrogen and oxygen atoms in total. The first-order chi connectivity index (χ1) is 9.69. The molecular formula is C16H25BrN2O. The first-order valence-corrected chi connectivity index (χ1v) is 8.30.